The first-order valence-electron chi connectivity index (χ1n) is 10.1. The number of nitrogens with zero attached hydrogens (tertiary/aromatic N) is 1. The van der Waals surface area contributed by atoms with E-state index in [0.717, 1.165) is 15.7 Å². The Morgan fingerprint density at radius 2 is 1.76 bits per heavy atom. The van der Waals surface area contributed by atoms with Crippen molar-refractivity contribution in [1.29, 1.82) is 0 Å². The van der Waals surface area contributed by atoms with Crippen LogP contribution in [0.3, 0.4) is 0 Å². The van der Waals surface area contributed by atoms with Crippen molar-refractivity contribution in [2.45, 2.75) is 12.5 Å². The lowest BCUT2D eigenvalue weighted by molar-refractivity contribution is -0.133. The molecule has 3 aromatic rings. The van der Waals surface area contributed by atoms with Gasteiger partial charge in [-0.1, -0.05) is 54.1 Å². The molecule has 1 saturated heterocycles. The van der Waals surface area contributed by atoms with E-state index in [2.05, 4.69) is 10.6 Å². The van der Waals surface area contributed by atoms with E-state index in [1.807, 2.05) is 36.4 Å². The van der Waals surface area contributed by atoms with Gasteiger partial charge in [0, 0.05) is 12.1 Å². The molecule has 1 aliphatic rings. The average molecular weight is 468 g/mol. The predicted octanol–water partition coefficient (Wildman–Crippen LogP) is 3.92. The summed E-state index contributed by atoms with van der Waals surface area (Å²) in [5.74, 6) is -0.443. The molecule has 4 amide bonds. The molecule has 0 saturated carbocycles. The highest BCUT2D eigenvalue weighted by Gasteiger charge is 2.50. The van der Waals surface area contributed by atoms with E-state index in [9.17, 15) is 14.4 Å². The van der Waals surface area contributed by atoms with Gasteiger partial charge in [0.15, 0.2) is 0 Å². The Hall–Kier alpha value is -3.78. The molecule has 0 bridgehead atoms. The highest BCUT2D eigenvalue weighted by atomic mass is 35.5. The average Bonchev–Trinajstić information content (AvgIpc) is 3.03. The van der Waals surface area contributed by atoms with Crippen molar-refractivity contribution in [2.24, 2.45) is 0 Å². The first-order valence-corrected chi connectivity index (χ1v) is 10.5. The van der Waals surface area contributed by atoms with Gasteiger partial charge < -0.3 is 20.1 Å². The van der Waals surface area contributed by atoms with Crippen molar-refractivity contribution in [1.82, 2.24) is 10.2 Å². The SMILES string of the molecule is COc1cc(NC(=O)CN2C(=O)NC(C)(c3cccc4ccccc34)C2=O)c(OC)cc1Cl. The third-order valence-electron chi connectivity index (χ3n) is 5.65. The topological polar surface area (TPSA) is 97.0 Å². The standard InChI is InChI=1S/C24H22ClN3O5/c1-24(16-10-6-8-14-7-4-5-9-15(14)16)22(30)28(23(31)27-24)13-21(29)26-18-12-19(32-2)17(25)11-20(18)33-3/h4-12H,13H2,1-3H3,(H,26,29)(H,27,31). The van der Waals surface area contributed by atoms with Gasteiger partial charge in [-0.15, -0.1) is 0 Å². The Labute approximate surface area is 195 Å². The predicted molar refractivity (Wildman–Crippen MR) is 125 cm³/mol. The largest absolute Gasteiger partial charge is 0.495 e. The van der Waals surface area contributed by atoms with Gasteiger partial charge in [0.25, 0.3) is 5.91 Å². The number of carbonyl (C=O) groups is 3. The van der Waals surface area contributed by atoms with Crippen LogP contribution in [0, 0.1) is 0 Å². The van der Waals surface area contributed by atoms with Gasteiger partial charge in [0.1, 0.15) is 23.6 Å². The number of fused-ring (bicyclic) bond motifs is 1. The molecule has 0 aliphatic carbocycles. The third kappa shape index (κ3) is 3.93. The number of hydrogen-bond donors (Lipinski definition) is 2. The third-order valence-corrected chi connectivity index (χ3v) is 5.95. The van der Waals surface area contributed by atoms with E-state index in [4.69, 9.17) is 21.1 Å². The van der Waals surface area contributed by atoms with Crippen molar-refractivity contribution in [3.05, 3.63) is 65.2 Å². The van der Waals surface area contributed by atoms with E-state index in [1.54, 1.807) is 13.0 Å². The zero-order valence-corrected chi connectivity index (χ0v) is 19.0. The first kappa shape index (κ1) is 22.4. The Kier molecular flexibility index (Phi) is 5.86. The van der Waals surface area contributed by atoms with Crippen molar-refractivity contribution in [3.63, 3.8) is 0 Å². The van der Waals surface area contributed by atoms with Gasteiger partial charge in [0.05, 0.1) is 24.9 Å². The zero-order chi connectivity index (χ0) is 23.8. The number of benzene rings is 3. The lowest BCUT2D eigenvalue weighted by Crippen LogP contribution is -2.42. The van der Waals surface area contributed by atoms with E-state index < -0.39 is 29.9 Å². The van der Waals surface area contributed by atoms with Crippen LogP contribution in [-0.4, -0.2) is 43.5 Å². The van der Waals surface area contributed by atoms with E-state index in [0.29, 0.717) is 27.8 Å². The molecular formula is C24H22ClN3O5. The number of nitrogens with one attached hydrogen (secondary N) is 2. The smallest absolute Gasteiger partial charge is 0.325 e. The number of anilines is 1. The van der Waals surface area contributed by atoms with Crippen LogP contribution in [-0.2, 0) is 15.1 Å². The molecule has 4 rings (SSSR count). The molecule has 1 atom stereocenters. The summed E-state index contributed by atoms with van der Waals surface area (Å²) in [5, 5.41) is 7.51. The fraction of sp³-hybridized carbons (Fsp3) is 0.208. The van der Waals surface area contributed by atoms with Gasteiger partial charge in [-0.2, -0.15) is 0 Å². The van der Waals surface area contributed by atoms with Gasteiger partial charge in [0.2, 0.25) is 5.91 Å². The quantitative estimate of drug-likeness (QED) is 0.536. The summed E-state index contributed by atoms with van der Waals surface area (Å²) in [6, 6.07) is 15.5. The lowest BCUT2D eigenvalue weighted by Gasteiger charge is -2.24. The summed E-state index contributed by atoms with van der Waals surface area (Å²) in [5.41, 5.74) is -0.349. The van der Waals surface area contributed by atoms with Crippen LogP contribution in [0.1, 0.15) is 12.5 Å². The molecule has 1 unspecified atom stereocenters. The van der Waals surface area contributed by atoms with Crippen LogP contribution in [0.4, 0.5) is 10.5 Å². The summed E-state index contributed by atoms with van der Waals surface area (Å²) in [6.07, 6.45) is 0. The van der Waals surface area contributed by atoms with Crippen LogP contribution in [0.15, 0.2) is 54.6 Å². The maximum absolute atomic E-state index is 13.3. The number of hydrogen-bond acceptors (Lipinski definition) is 5. The molecule has 170 valence electrons. The van der Waals surface area contributed by atoms with Crippen LogP contribution < -0.4 is 20.1 Å². The normalized spacial score (nSPS) is 17.8. The number of halogens is 1. The molecule has 8 nitrogen and oxygen atoms in total. The van der Waals surface area contributed by atoms with Crippen LogP contribution in [0.2, 0.25) is 5.02 Å². The fourth-order valence-corrected chi connectivity index (χ4v) is 4.21. The van der Waals surface area contributed by atoms with Gasteiger partial charge in [-0.05, 0) is 23.3 Å². The Balaban J connectivity index is 1.58. The van der Waals surface area contributed by atoms with E-state index in [1.165, 1.54) is 26.4 Å². The molecule has 0 spiro atoms. The monoisotopic (exact) mass is 467 g/mol. The molecule has 1 aliphatic heterocycles. The van der Waals surface area contributed by atoms with E-state index in [-0.39, 0.29) is 0 Å². The second-order valence-electron chi connectivity index (χ2n) is 7.71. The number of rotatable bonds is 6. The van der Waals surface area contributed by atoms with E-state index >= 15 is 0 Å². The first-order chi connectivity index (χ1) is 15.8. The molecule has 0 radical (unpaired) electrons. The van der Waals surface area contributed by atoms with Crippen LogP contribution in [0.5, 0.6) is 11.5 Å². The Bertz CT molecular complexity index is 1270. The molecular weight excluding hydrogens is 446 g/mol. The van der Waals surface area contributed by atoms with Gasteiger partial charge in [-0.3, -0.25) is 14.5 Å². The zero-order valence-electron chi connectivity index (χ0n) is 18.3. The number of urea groups is 1. The lowest BCUT2D eigenvalue weighted by atomic mass is 9.88. The summed E-state index contributed by atoms with van der Waals surface area (Å²) in [7, 11) is 2.88. The second kappa shape index (κ2) is 8.63. The van der Waals surface area contributed by atoms with Crippen molar-refractivity contribution in [3.8, 4) is 11.5 Å². The molecule has 33 heavy (non-hydrogen) atoms. The maximum atomic E-state index is 13.3. The summed E-state index contributed by atoms with van der Waals surface area (Å²) in [6.45, 7) is 1.17. The summed E-state index contributed by atoms with van der Waals surface area (Å²) in [4.78, 5) is 39.7. The molecule has 3 aromatic carbocycles. The van der Waals surface area contributed by atoms with Crippen molar-refractivity contribution < 1.29 is 23.9 Å². The summed E-state index contributed by atoms with van der Waals surface area (Å²) >= 11 is 6.10. The van der Waals surface area contributed by atoms with Gasteiger partial charge >= 0.3 is 6.03 Å². The molecule has 2 N–H and O–H groups in total. The Morgan fingerprint density at radius 1 is 1.06 bits per heavy atom. The number of ether oxygens (including phenoxy) is 2. The second-order valence-corrected chi connectivity index (χ2v) is 8.12. The molecule has 0 aromatic heterocycles. The number of methoxy groups -OCH3 is 2. The van der Waals surface area contributed by atoms with Gasteiger partial charge in [-0.25, -0.2) is 4.79 Å². The van der Waals surface area contributed by atoms with Crippen molar-refractivity contribution in [2.75, 3.05) is 26.1 Å². The minimum Gasteiger partial charge on any atom is -0.495 e. The molecule has 1 heterocycles. The van der Waals surface area contributed by atoms with Crippen LogP contribution in [0.25, 0.3) is 10.8 Å². The minimum absolute atomic E-state index is 0.299. The van der Waals surface area contributed by atoms with Crippen LogP contribution >= 0.6 is 11.6 Å². The number of amides is 4. The fourth-order valence-electron chi connectivity index (χ4n) is 3.98. The summed E-state index contributed by atoms with van der Waals surface area (Å²) < 4.78 is 10.4. The minimum atomic E-state index is -1.31. The molecule has 1 fully saturated rings. The van der Waals surface area contributed by atoms with Crippen molar-refractivity contribution >= 4 is 45.9 Å². The molecule has 9 heteroatoms. The Morgan fingerprint density at radius 3 is 2.48 bits per heavy atom. The highest BCUT2D eigenvalue weighted by Crippen LogP contribution is 2.36. The number of carbonyl (C=O) groups excluding carboxylic acids is 3. The number of imide groups is 1. The highest BCUT2D eigenvalue weighted by molar-refractivity contribution is 6.32. The maximum Gasteiger partial charge on any atom is 0.325 e.